The van der Waals surface area contributed by atoms with E-state index in [9.17, 15) is 4.79 Å². The summed E-state index contributed by atoms with van der Waals surface area (Å²) in [7, 11) is 0. The van der Waals surface area contributed by atoms with Gasteiger partial charge in [-0.1, -0.05) is 6.07 Å². The number of hydrogen-bond acceptors (Lipinski definition) is 5. The molecule has 0 unspecified atom stereocenters. The fraction of sp³-hybridized carbons (Fsp3) is 0.333. The lowest BCUT2D eigenvalue weighted by atomic mass is 10.3. The lowest BCUT2D eigenvalue weighted by molar-refractivity contribution is 0.0786. The quantitative estimate of drug-likeness (QED) is 0.915. The first kappa shape index (κ1) is 11.8. The summed E-state index contributed by atoms with van der Waals surface area (Å²) in [6.07, 6.45) is 0.883. The van der Waals surface area contributed by atoms with Gasteiger partial charge in [0.05, 0.1) is 4.88 Å². The molecule has 4 nitrogen and oxygen atoms in total. The van der Waals surface area contributed by atoms with E-state index in [1.807, 2.05) is 22.9 Å². The summed E-state index contributed by atoms with van der Waals surface area (Å²) in [6.45, 7) is 1.39. The van der Waals surface area contributed by atoms with Gasteiger partial charge in [0, 0.05) is 24.5 Å². The number of aromatic nitrogens is 1. The maximum absolute atomic E-state index is 12.2. The van der Waals surface area contributed by atoms with Gasteiger partial charge in [0.1, 0.15) is 10.7 Å². The molecule has 0 aliphatic carbocycles. The SMILES string of the molecule is N[C@@H]1CCN(C(=O)c2csc(-c3cccs3)n2)C1. The highest BCUT2D eigenvalue weighted by Gasteiger charge is 2.26. The molecule has 1 saturated heterocycles. The van der Waals surface area contributed by atoms with Gasteiger partial charge in [0.25, 0.3) is 5.91 Å². The number of carbonyl (C=O) groups is 1. The number of hydrogen-bond donors (Lipinski definition) is 1. The Labute approximate surface area is 113 Å². The minimum Gasteiger partial charge on any atom is -0.336 e. The summed E-state index contributed by atoms with van der Waals surface area (Å²) in [5.41, 5.74) is 6.35. The number of likely N-dealkylation sites (tertiary alicyclic amines) is 1. The van der Waals surface area contributed by atoms with Crippen LogP contribution in [0.2, 0.25) is 0 Å². The maximum Gasteiger partial charge on any atom is 0.273 e. The van der Waals surface area contributed by atoms with Gasteiger partial charge in [0.15, 0.2) is 0 Å². The number of thiophene rings is 1. The molecule has 0 spiro atoms. The lowest BCUT2D eigenvalue weighted by Crippen LogP contribution is -2.32. The van der Waals surface area contributed by atoms with Crippen molar-refractivity contribution in [3.05, 3.63) is 28.6 Å². The molecule has 1 amide bonds. The van der Waals surface area contributed by atoms with Crippen LogP contribution < -0.4 is 5.73 Å². The number of nitrogens with zero attached hydrogens (tertiary/aromatic N) is 2. The van der Waals surface area contributed by atoms with Crippen molar-refractivity contribution in [3.63, 3.8) is 0 Å². The minimum atomic E-state index is 0.00186. The Balaban J connectivity index is 1.79. The number of thiazole rings is 1. The van der Waals surface area contributed by atoms with Gasteiger partial charge in [-0.15, -0.1) is 22.7 Å². The Morgan fingerprint density at radius 2 is 2.39 bits per heavy atom. The van der Waals surface area contributed by atoms with Gasteiger partial charge in [-0.2, -0.15) is 0 Å². The van der Waals surface area contributed by atoms with Crippen LogP contribution in [0.5, 0.6) is 0 Å². The van der Waals surface area contributed by atoms with E-state index in [-0.39, 0.29) is 11.9 Å². The molecule has 2 N–H and O–H groups in total. The Hall–Kier alpha value is -1.24. The van der Waals surface area contributed by atoms with Gasteiger partial charge < -0.3 is 10.6 Å². The fourth-order valence-electron chi connectivity index (χ4n) is 2.02. The number of nitrogens with two attached hydrogens (primary N) is 1. The summed E-state index contributed by atoms with van der Waals surface area (Å²) in [5.74, 6) is 0.00186. The predicted molar refractivity (Wildman–Crippen MR) is 73.9 cm³/mol. The first-order valence-corrected chi connectivity index (χ1v) is 7.54. The molecule has 94 valence electrons. The average Bonchev–Trinajstić information content (AvgIpc) is 3.09. The average molecular weight is 279 g/mol. The number of carbonyl (C=O) groups excluding carboxylic acids is 1. The van der Waals surface area contributed by atoms with E-state index in [1.54, 1.807) is 16.2 Å². The zero-order valence-corrected chi connectivity index (χ0v) is 11.3. The summed E-state index contributed by atoms with van der Waals surface area (Å²) in [6, 6.07) is 4.12. The van der Waals surface area contributed by atoms with Crippen LogP contribution in [-0.2, 0) is 0 Å². The van der Waals surface area contributed by atoms with Crippen molar-refractivity contribution in [1.82, 2.24) is 9.88 Å². The maximum atomic E-state index is 12.2. The zero-order chi connectivity index (χ0) is 12.5. The highest BCUT2D eigenvalue weighted by Crippen LogP contribution is 2.28. The van der Waals surface area contributed by atoms with Crippen LogP contribution in [0.15, 0.2) is 22.9 Å². The van der Waals surface area contributed by atoms with Crippen LogP contribution in [0.3, 0.4) is 0 Å². The van der Waals surface area contributed by atoms with Gasteiger partial charge in [-0.05, 0) is 17.9 Å². The molecule has 1 atom stereocenters. The van der Waals surface area contributed by atoms with E-state index in [0.717, 1.165) is 22.9 Å². The van der Waals surface area contributed by atoms with E-state index >= 15 is 0 Å². The van der Waals surface area contributed by atoms with Crippen LogP contribution in [-0.4, -0.2) is 34.9 Å². The molecular weight excluding hydrogens is 266 g/mol. The van der Waals surface area contributed by atoms with Crippen molar-refractivity contribution in [2.75, 3.05) is 13.1 Å². The molecule has 1 aliphatic rings. The van der Waals surface area contributed by atoms with Crippen LogP contribution >= 0.6 is 22.7 Å². The van der Waals surface area contributed by atoms with Crippen LogP contribution in [0.1, 0.15) is 16.9 Å². The second-order valence-corrected chi connectivity index (χ2v) is 6.12. The predicted octanol–water partition coefficient (Wildman–Crippen LogP) is 2.04. The Morgan fingerprint density at radius 1 is 1.50 bits per heavy atom. The third-order valence-electron chi connectivity index (χ3n) is 2.97. The molecule has 0 radical (unpaired) electrons. The molecule has 0 aromatic carbocycles. The highest BCUT2D eigenvalue weighted by atomic mass is 32.1. The van der Waals surface area contributed by atoms with Gasteiger partial charge in [-0.3, -0.25) is 4.79 Å². The molecule has 18 heavy (non-hydrogen) atoms. The summed E-state index contributed by atoms with van der Waals surface area (Å²) < 4.78 is 0. The second-order valence-electron chi connectivity index (χ2n) is 4.32. The molecule has 3 rings (SSSR count). The van der Waals surface area contributed by atoms with E-state index in [4.69, 9.17) is 5.73 Å². The molecule has 3 heterocycles. The van der Waals surface area contributed by atoms with Crippen molar-refractivity contribution < 1.29 is 4.79 Å². The Kier molecular flexibility index (Phi) is 3.15. The molecule has 0 saturated carbocycles. The van der Waals surface area contributed by atoms with E-state index in [1.165, 1.54) is 11.3 Å². The first-order valence-electron chi connectivity index (χ1n) is 5.78. The third kappa shape index (κ3) is 2.19. The second kappa shape index (κ2) is 4.79. The van der Waals surface area contributed by atoms with Gasteiger partial charge >= 0.3 is 0 Å². The largest absolute Gasteiger partial charge is 0.336 e. The zero-order valence-electron chi connectivity index (χ0n) is 9.70. The van der Waals surface area contributed by atoms with E-state index in [2.05, 4.69) is 4.98 Å². The molecule has 1 aliphatic heterocycles. The van der Waals surface area contributed by atoms with E-state index in [0.29, 0.717) is 12.2 Å². The fourth-order valence-corrected chi connectivity index (χ4v) is 3.63. The summed E-state index contributed by atoms with van der Waals surface area (Å²) in [5, 5.41) is 4.76. The molecule has 2 aromatic rings. The van der Waals surface area contributed by atoms with Crippen LogP contribution in [0.25, 0.3) is 9.88 Å². The number of amides is 1. The molecular formula is C12H13N3OS2. The number of rotatable bonds is 2. The van der Waals surface area contributed by atoms with Crippen molar-refractivity contribution in [2.24, 2.45) is 5.73 Å². The monoisotopic (exact) mass is 279 g/mol. The summed E-state index contributed by atoms with van der Waals surface area (Å²) >= 11 is 3.15. The Bertz CT molecular complexity index is 549. The van der Waals surface area contributed by atoms with Gasteiger partial charge in [-0.25, -0.2) is 4.98 Å². The van der Waals surface area contributed by atoms with Crippen LogP contribution in [0.4, 0.5) is 0 Å². The normalized spacial score (nSPS) is 19.4. The topological polar surface area (TPSA) is 59.2 Å². The minimum absolute atomic E-state index is 0.00186. The lowest BCUT2D eigenvalue weighted by Gasteiger charge is -2.13. The van der Waals surface area contributed by atoms with Crippen molar-refractivity contribution in [1.29, 1.82) is 0 Å². The van der Waals surface area contributed by atoms with Crippen molar-refractivity contribution in [3.8, 4) is 9.88 Å². The van der Waals surface area contributed by atoms with Gasteiger partial charge in [0.2, 0.25) is 0 Å². The molecule has 1 fully saturated rings. The molecule has 2 aromatic heterocycles. The van der Waals surface area contributed by atoms with Crippen molar-refractivity contribution in [2.45, 2.75) is 12.5 Å². The highest BCUT2D eigenvalue weighted by molar-refractivity contribution is 7.20. The third-order valence-corrected chi connectivity index (χ3v) is 4.85. The standard InChI is InChI=1S/C12H13N3OS2/c13-8-3-4-15(6-8)12(16)9-7-18-11(14-9)10-2-1-5-17-10/h1-2,5,7-8H,3-4,6,13H2/t8-/m1/s1. The van der Waals surface area contributed by atoms with E-state index < -0.39 is 0 Å². The van der Waals surface area contributed by atoms with Crippen molar-refractivity contribution >= 4 is 28.6 Å². The first-order chi connectivity index (χ1) is 8.74. The Morgan fingerprint density at radius 3 is 3.06 bits per heavy atom. The van der Waals surface area contributed by atoms with Crippen LogP contribution in [0, 0.1) is 0 Å². The molecule has 0 bridgehead atoms. The summed E-state index contributed by atoms with van der Waals surface area (Å²) in [4.78, 5) is 19.5. The molecule has 6 heteroatoms. The smallest absolute Gasteiger partial charge is 0.273 e.